The summed E-state index contributed by atoms with van der Waals surface area (Å²) in [6, 6.07) is 0. The number of hydrogen-bond donors (Lipinski definition) is 0. The summed E-state index contributed by atoms with van der Waals surface area (Å²) in [5.41, 5.74) is 0.557. The van der Waals surface area contributed by atoms with Gasteiger partial charge in [0.25, 0.3) is 0 Å². The van der Waals surface area contributed by atoms with Gasteiger partial charge in [-0.15, -0.1) is 18.4 Å². The van der Waals surface area contributed by atoms with E-state index in [1.165, 1.54) is 25.7 Å². The van der Waals surface area contributed by atoms with Gasteiger partial charge >= 0.3 is 0 Å². The van der Waals surface area contributed by atoms with Crippen molar-refractivity contribution in [3.8, 4) is 11.8 Å². The summed E-state index contributed by atoms with van der Waals surface area (Å²) < 4.78 is 0. The maximum atomic E-state index is 8.00. The summed E-state index contributed by atoms with van der Waals surface area (Å²) in [5.74, 6) is 5.90. The zero-order valence-electron chi connectivity index (χ0n) is 13.1. The summed E-state index contributed by atoms with van der Waals surface area (Å²) in [7, 11) is 0. The molecular formula is C17H32O. The first kappa shape index (κ1) is 22.2. The van der Waals surface area contributed by atoms with Crippen LogP contribution in [0.1, 0.15) is 73.1 Å². The van der Waals surface area contributed by atoms with Crippen molar-refractivity contribution in [1.82, 2.24) is 0 Å². The lowest BCUT2D eigenvalue weighted by Gasteiger charge is -2.28. The van der Waals surface area contributed by atoms with Gasteiger partial charge in [0.1, 0.15) is 6.79 Å². The smallest absolute Gasteiger partial charge is 0.106 e. The standard InChI is InChI=1S/C10H20.C6H10.CH2O/c1-5-9-10(6-2,7-3)8-4;1-3-5-6-4-2;1-2/h5H,1,6-9H2,2-4H3;3-4H2,1-2H3;1H2. The fourth-order valence-corrected chi connectivity index (χ4v) is 1.74. The van der Waals surface area contributed by atoms with Crippen molar-refractivity contribution in [3.05, 3.63) is 12.7 Å². The normalized spacial score (nSPS) is 8.72. The molecule has 0 spiro atoms. The summed E-state index contributed by atoms with van der Waals surface area (Å²) in [5, 5.41) is 0. The van der Waals surface area contributed by atoms with Crippen molar-refractivity contribution in [1.29, 1.82) is 0 Å². The van der Waals surface area contributed by atoms with E-state index in [9.17, 15) is 0 Å². The minimum Gasteiger partial charge on any atom is -0.307 e. The summed E-state index contributed by atoms with van der Waals surface area (Å²) in [6.07, 6.45) is 9.07. The first-order valence-corrected chi connectivity index (χ1v) is 7.01. The highest BCUT2D eigenvalue weighted by molar-refractivity contribution is 5.11. The van der Waals surface area contributed by atoms with Crippen LogP contribution in [-0.2, 0) is 4.79 Å². The Morgan fingerprint density at radius 2 is 1.22 bits per heavy atom. The fraction of sp³-hybridized carbons (Fsp3) is 0.706. The van der Waals surface area contributed by atoms with Gasteiger partial charge in [0.2, 0.25) is 0 Å². The molecule has 0 aliphatic rings. The number of hydrogen-bond acceptors (Lipinski definition) is 1. The van der Waals surface area contributed by atoms with Crippen LogP contribution in [0.15, 0.2) is 12.7 Å². The van der Waals surface area contributed by atoms with E-state index >= 15 is 0 Å². The van der Waals surface area contributed by atoms with Crippen molar-refractivity contribution in [2.75, 3.05) is 0 Å². The molecule has 0 unspecified atom stereocenters. The Morgan fingerprint density at radius 1 is 0.889 bits per heavy atom. The van der Waals surface area contributed by atoms with Crippen molar-refractivity contribution < 1.29 is 4.79 Å². The van der Waals surface area contributed by atoms with Crippen LogP contribution in [0.3, 0.4) is 0 Å². The molecule has 0 atom stereocenters. The van der Waals surface area contributed by atoms with Crippen molar-refractivity contribution >= 4 is 6.79 Å². The molecule has 0 aliphatic carbocycles. The topological polar surface area (TPSA) is 17.1 Å². The minimum absolute atomic E-state index is 0.557. The molecule has 0 bridgehead atoms. The second kappa shape index (κ2) is 18.3. The summed E-state index contributed by atoms with van der Waals surface area (Å²) in [4.78, 5) is 8.00. The van der Waals surface area contributed by atoms with E-state index in [-0.39, 0.29) is 0 Å². The minimum atomic E-state index is 0.557. The molecule has 0 aliphatic heterocycles. The highest BCUT2D eigenvalue weighted by Crippen LogP contribution is 2.34. The summed E-state index contributed by atoms with van der Waals surface area (Å²) in [6.45, 7) is 16.7. The quantitative estimate of drug-likeness (QED) is 0.472. The molecular weight excluding hydrogens is 220 g/mol. The molecule has 0 radical (unpaired) electrons. The molecule has 0 heterocycles. The lowest BCUT2D eigenvalue weighted by molar-refractivity contribution is -0.0979. The third-order valence-electron chi connectivity index (χ3n) is 3.31. The van der Waals surface area contributed by atoms with Gasteiger partial charge < -0.3 is 4.79 Å². The van der Waals surface area contributed by atoms with Crippen molar-refractivity contribution in [2.24, 2.45) is 5.41 Å². The first-order valence-electron chi connectivity index (χ1n) is 7.01. The van der Waals surface area contributed by atoms with Crippen LogP contribution in [0.5, 0.6) is 0 Å². The molecule has 106 valence electrons. The van der Waals surface area contributed by atoms with Gasteiger partial charge in [-0.05, 0) is 11.8 Å². The van der Waals surface area contributed by atoms with Crippen LogP contribution in [0.25, 0.3) is 0 Å². The molecule has 0 aromatic heterocycles. The summed E-state index contributed by atoms with van der Waals surface area (Å²) >= 11 is 0. The highest BCUT2D eigenvalue weighted by Gasteiger charge is 2.21. The Balaban J connectivity index is -0.000000241. The van der Waals surface area contributed by atoms with Crippen LogP contribution < -0.4 is 0 Å². The van der Waals surface area contributed by atoms with E-state index in [2.05, 4.69) is 59.1 Å². The number of carbonyl (C=O) groups excluding carboxylic acids is 1. The van der Waals surface area contributed by atoms with Gasteiger partial charge in [0, 0.05) is 12.8 Å². The van der Waals surface area contributed by atoms with E-state index < -0.39 is 0 Å². The average Bonchev–Trinajstić information content (AvgIpc) is 2.45. The van der Waals surface area contributed by atoms with E-state index in [0.29, 0.717) is 5.41 Å². The predicted octanol–water partition coefficient (Wildman–Crippen LogP) is 5.40. The molecule has 0 rings (SSSR count). The molecule has 0 saturated carbocycles. The molecule has 18 heavy (non-hydrogen) atoms. The van der Waals surface area contributed by atoms with Gasteiger partial charge in [0.15, 0.2) is 0 Å². The Morgan fingerprint density at radius 3 is 1.33 bits per heavy atom. The number of allylic oxidation sites excluding steroid dienone is 1. The van der Waals surface area contributed by atoms with Crippen LogP contribution in [0.4, 0.5) is 0 Å². The van der Waals surface area contributed by atoms with Gasteiger partial charge in [-0.3, -0.25) is 0 Å². The third-order valence-corrected chi connectivity index (χ3v) is 3.31. The number of rotatable bonds is 5. The Bertz CT molecular complexity index is 199. The van der Waals surface area contributed by atoms with E-state index in [1.807, 2.05) is 6.79 Å². The van der Waals surface area contributed by atoms with E-state index in [4.69, 9.17) is 4.79 Å². The lowest BCUT2D eigenvalue weighted by Crippen LogP contribution is -2.16. The predicted molar refractivity (Wildman–Crippen MR) is 83.6 cm³/mol. The molecule has 0 aromatic rings. The van der Waals surface area contributed by atoms with E-state index in [1.54, 1.807) is 0 Å². The van der Waals surface area contributed by atoms with Gasteiger partial charge in [-0.2, -0.15) is 0 Å². The molecule has 1 nitrogen and oxygen atoms in total. The zero-order valence-corrected chi connectivity index (χ0v) is 13.1. The molecule has 1 heteroatoms. The largest absolute Gasteiger partial charge is 0.307 e. The Kier molecular flexibility index (Phi) is 22.6. The Labute approximate surface area is 115 Å². The molecule has 0 N–H and O–H groups in total. The van der Waals surface area contributed by atoms with Crippen LogP contribution in [0.2, 0.25) is 0 Å². The molecule has 0 amide bonds. The molecule has 0 fully saturated rings. The fourth-order valence-electron chi connectivity index (χ4n) is 1.74. The highest BCUT2D eigenvalue weighted by atomic mass is 16.1. The maximum absolute atomic E-state index is 8.00. The van der Waals surface area contributed by atoms with Crippen molar-refractivity contribution in [3.63, 3.8) is 0 Å². The molecule has 0 aromatic carbocycles. The van der Waals surface area contributed by atoms with E-state index in [0.717, 1.165) is 12.8 Å². The van der Waals surface area contributed by atoms with Gasteiger partial charge in [0.05, 0.1) is 0 Å². The first-order chi connectivity index (χ1) is 8.66. The van der Waals surface area contributed by atoms with Gasteiger partial charge in [-0.1, -0.05) is 60.0 Å². The second-order valence-electron chi connectivity index (χ2n) is 4.11. The Hall–Kier alpha value is -1.03. The monoisotopic (exact) mass is 252 g/mol. The van der Waals surface area contributed by atoms with Crippen molar-refractivity contribution in [2.45, 2.75) is 73.1 Å². The maximum Gasteiger partial charge on any atom is 0.106 e. The zero-order chi connectivity index (χ0) is 14.9. The second-order valence-corrected chi connectivity index (χ2v) is 4.11. The van der Waals surface area contributed by atoms with Gasteiger partial charge in [-0.25, -0.2) is 0 Å². The van der Waals surface area contributed by atoms with Crippen LogP contribution in [-0.4, -0.2) is 6.79 Å². The lowest BCUT2D eigenvalue weighted by atomic mass is 9.77. The molecule has 0 saturated heterocycles. The SMILES string of the molecule is C=CCC(CC)(CC)CC.C=O.CCC#CCC. The van der Waals surface area contributed by atoms with Crippen LogP contribution >= 0.6 is 0 Å². The third kappa shape index (κ3) is 13.0. The number of carbonyl (C=O) groups is 1. The average molecular weight is 252 g/mol. The van der Waals surface area contributed by atoms with Crippen LogP contribution in [0, 0.1) is 17.3 Å².